The molecule has 4 amide bonds. The van der Waals surface area contributed by atoms with Crippen LogP contribution in [0.2, 0.25) is 0 Å². The number of aryl methyl sites for hydroxylation is 1. The van der Waals surface area contributed by atoms with Crippen molar-refractivity contribution in [3.8, 4) is 5.69 Å². The van der Waals surface area contributed by atoms with Gasteiger partial charge in [-0.2, -0.15) is 5.10 Å². The second kappa shape index (κ2) is 8.06. The van der Waals surface area contributed by atoms with Crippen molar-refractivity contribution in [3.05, 3.63) is 46.1 Å². The van der Waals surface area contributed by atoms with Gasteiger partial charge in [-0.15, -0.1) is 0 Å². The van der Waals surface area contributed by atoms with Crippen LogP contribution in [0.5, 0.6) is 0 Å². The van der Waals surface area contributed by atoms with Crippen molar-refractivity contribution >= 4 is 29.4 Å². The highest BCUT2D eigenvalue weighted by molar-refractivity contribution is 6.10. The summed E-state index contributed by atoms with van der Waals surface area (Å²) in [5, 5.41) is 17.9. The van der Waals surface area contributed by atoms with E-state index in [2.05, 4.69) is 10.4 Å². The number of carbonyl (C=O) groups excluding carboxylic acids is 3. The Morgan fingerprint density at radius 3 is 2.47 bits per heavy atom. The van der Waals surface area contributed by atoms with Crippen LogP contribution in [0.3, 0.4) is 0 Å². The number of likely N-dealkylation sites (N-methyl/N-ethyl adjacent to an activating group) is 1. The highest BCUT2D eigenvalue weighted by Crippen LogP contribution is 2.39. The molecule has 2 heterocycles. The van der Waals surface area contributed by atoms with Crippen LogP contribution >= 0.6 is 0 Å². The predicted octanol–water partition coefficient (Wildman–Crippen LogP) is 2.62. The number of amides is 4. The molecule has 4 rings (SSSR count). The lowest BCUT2D eigenvalue weighted by Gasteiger charge is -2.35. The molecule has 1 aliphatic heterocycles. The first-order valence-corrected chi connectivity index (χ1v) is 10.4. The van der Waals surface area contributed by atoms with E-state index in [4.69, 9.17) is 0 Å². The van der Waals surface area contributed by atoms with Gasteiger partial charge < -0.3 is 10.2 Å². The number of hydrogen-bond donors (Lipinski definition) is 1. The Kier molecular flexibility index (Phi) is 5.41. The molecule has 0 radical (unpaired) electrons. The van der Waals surface area contributed by atoms with Gasteiger partial charge in [-0.25, -0.2) is 9.48 Å². The van der Waals surface area contributed by atoms with Crippen LogP contribution in [0.25, 0.3) is 5.69 Å². The zero-order chi connectivity index (χ0) is 23.0. The molecule has 1 saturated heterocycles. The van der Waals surface area contributed by atoms with Crippen LogP contribution in [0, 0.1) is 17.0 Å². The van der Waals surface area contributed by atoms with E-state index < -0.39 is 28.9 Å². The summed E-state index contributed by atoms with van der Waals surface area (Å²) in [6.45, 7) is 1.35. The lowest BCUT2D eigenvalue weighted by Crippen LogP contribution is -2.49. The summed E-state index contributed by atoms with van der Waals surface area (Å²) in [6.07, 6.45) is 3.99. The smallest absolute Gasteiger partial charge is 0.313 e. The van der Waals surface area contributed by atoms with Crippen molar-refractivity contribution in [2.45, 2.75) is 44.6 Å². The summed E-state index contributed by atoms with van der Waals surface area (Å²) >= 11 is 0. The van der Waals surface area contributed by atoms with Gasteiger partial charge in [0.2, 0.25) is 5.91 Å². The van der Waals surface area contributed by atoms with Crippen LogP contribution in [-0.4, -0.2) is 61.5 Å². The first-order valence-electron chi connectivity index (χ1n) is 10.4. The summed E-state index contributed by atoms with van der Waals surface area (Å²) in [7, 11) is 1.62. The highest BCUT2D eigenvalue weighted by Gasteiger charge is 2.55. The Morgan fingerprint density at radius 1 is 1.19 bits per heavy atom. The Morgan fingerprint density at radius 2 is 1.84 bits per heavy atom. The number of aromatic nitrogens is 2. The number of carbonyl (C=O) groups is 3. The number of hydrogen-bond acceptors (Lipinski definition) is 6. The topological polar surface area (TPSA) is 131 Å². The van der Waals surface area contributed by atoms with Crippen LogP contribution in [-0.2, 0) is 9.59 Å². The predicted molar refractivity (Wildman–Crippen MR) is 114 cm³/mol. The summed E-state index contributed by atoms with van der Waals surface area (Å²) < 4.78 is 1.44. The number of benzene rings is 1. The molecule has 0 bridgehead atoms. The van der Waals surface area contributed by atoms with E-state index >= 15 is 0 Å². The van der Waals surface area contributed by atoms with Crippen LogP contribution in [0.4, 0.5) is 16.3 Å². The maximum atomic E-state index is 13.1. The van der Waals surface area contributed by atoms with E-state index in [-0.39, 0.29) is 11.6 Å². The number of anilines is 1. The number of nitro benzene ring substituents is 1. The molecule has 2 aliphatic rings. The van der Waals surface area contributed by atoms with Crippen molar-refractivity contribution in [2.75, 3.05) is 18.9 Å². The maximum absolute atomic E-state index is 13.1. The molecule has 1 saturated carbocycles. The number of nitrogens with one attached hydrogen (secondary N) is 1. The molecule has 1 N–H and O–H groups in total. The summed E-state index contributed by atoms with van der Waals surface area (Å²) in [6, 6.07) is 6.91. The van der Waals surface area contributed by atoms with Gasteiger partial charge in [-0.05, 0) is 31.9 Å². The number of nitro groups is 1. The molecule has 1 aliphatic carbocycles. The third-order valence-electron chi connectivity index (χ3n) is 6.19. The molecule has 11 heteroatoms. The fourth-order valence-corrected chi connectivity index (χ4v) is 4.50. The van der Waals surface area contributed by atoms with Crippen molar-refractivity contribution in [1.82, 2.24) is 19.6 Å². The van der Waals surface area contributed by atoms with Gasteiger partial charge in [0.05, 0.1) is 16.3 Å². The summed E-state index contributed by atoms with van der Waals surface area (Å²) in [4.78, 5) is 51.5. The zero-order valence-corrected chi connectivity index (χ0v) is 17.9. The van der Waals surface area contributed by atoms with E-state index in [0.717, 1.165) is 24.2 Å². The monoisotopic (exact) mass is 440 g/mol. The lowest BCUT2D eigenvalue weighted by atomic mass is 9.81. The average Bonchev–Trinajstić information content (AvgIpc) is 3.22. The Labute approximate surface area is 184 Å². The third kappa shape index (κ3) is 3.59. The van der Waals surface area contributed by atoms with E-state index in [1.54, 1.807) is 20.0 Å². The van der Waals surface area contributed by atoms with Crippen molar-refractivity contribution < 1.29 is 19.3 Å². The Balaban J connectivity index is 1.51. The number of imide groups is 1. The minimum atomic E-state index is -0.841. The molecule has 0 atom stereocenters. The summed E-state index contributed by atoms with van der Waals surface area (Å²) in [5.41, 5.74) is 0.239. The fraction of sp³-hybridized carbons (Fsp3) is 0.429. The van der Waals surface area contributed by atoms with Crippen molar-refractivity contribution in [1.29, 1.82) is 0 Å². The van der Waals surface area contributed by atoms with E-state index in [1.165, 1.54) is 33.8 Å². The molecule has 1 aromatic heterocycles. The highest BCUT2D eigenvalue weighted by atomic mass is 16.6. The van der Waals surface area contributed by atoms with Crippen molar-refractivity contribution in [2.24, 2.45) is 0 Å². The van der Waals surface area contributed by atoms with Gasteiger partial charge in [0.25, 0.3) is 11.6 Å². The molecule has 1 spiro atoms. The minimum absolute atomic E-state index is 0.0602. The summed E-state index contributed by atoms with van der Waals surface area (Å²) in [5.74, 6) is -0.517. The number of non-ortho nitro benzene ring substituents is 1. The van der Waals surface area contributed by atoms with E-state index in [0.29, 0.717) is 30.0 Å². The molecule has 11 nitrogen and oxygen atoms in total. The Hall–Kier alpha value is -3.76. The average molecular weight is 440 g/mol. The van der Waals surface area contributed by atoms with E-state index in [1.807, 2.05) is 0 Å². The minimum Gasteiger partial charge on any atom is -0.313 e. The third-order valence-corrected chi connectivity index (χ3v) is 6.19. The fourth-order valence-electron chi connectivity index (χ4n) is 4.50. The molecule has 2 aromatic rings. The Bertz CT molecular complexity index is 1090. The normalized spacial score (nSPS) is 17.8. The maximum Gasteiger partial charge on any atom is 0.327 e. The second-order valence-corrected chi connectivity index (χ2v) is 8.23. The van der Waals surface area contributed by atoms with Crippen LogP contribution in [0.15, 0.2) is 30.3 Å². The van der Waals surface area contributed by atoms with Crippen LogP contribution < -0.4 is 5.32 Å². The van der Waals surface area contributed by atoms with Gasteiger partial charge in [-0.3, -0.25) is 24.6 Å². The quantitative estimate of drug-likeness (QED) is 0.432. The second-order valence-electron chi connectivity index (χ2n) is 8.23. The lowest BCUT2D eigenvalue weighted by molar-refractivity contribution is -0.384. The van der Waals surface area contributed by atoms with Gasteiger partial charge in [0.1, 0.15) is 17.9 Å². The van der Waals surface area contributed by atoms with E-state index in [9.17, 15) is 24.5 Å². The molecule has 0 unspecified atom stereocenters. The van der Waals surface area contributed by atoms with Gasteiger partial charge in [-0.1, -0.05) is 19.3 Å². The molecule has 32 heavy (non-hydrogen) atoms. The molecule has 1 aromatic carbocycles. The van der Waals surface area contributed by atoms with Crippen LogP contribution in [0.1, 0.15) is 37.8 Å². The van der Waals surface area contributed by atoms with Gasteiger partial charge in [0.15, 0.2) is 0 Å². The first-order chi connectivity index (χ1) is 15.2. The number of nitrogens with zero attached hydrogens (tertiary/aromatic N) is 5. The first kappa shape index (κ1) is 21.5. The SMILES string of the molecule is Cc1cc(NC(=O)CN2C(=O)N(C)C3(CCCCC3)C2=O)n(-c2ccc([N+](=O)[O-])cc2)n1. The molecular weight excluding hydrogens is 416 g/mol. The van der Waals surface area contributed by atoms with Gasteiger partial charge in [0, 0.05) is 25.2 Å². The largest absolute Gasteiger partial charge is 0.327 e. The molecular formula is C21H24N6O5. The number of urea groups is 1. The molecule has 2 fully saturated rings. The molecule has 168 valence electrons. The standard InChI is InChI=1S/C21H24N6O5/c1-14-12-17(26(23-14)15-6-8-16(9-7-15)27(31)32)22-18(28)13-25-19(29)21(24(2)20(25)30)10-4-3-5-11-21/h6-9,12H,3-5,10-11,13H2,1-2H3,(H,22,28). The zero-order valence-electron chi connectivity index (χ0n) is 17.9. The van der Waals surface area contributed by atoms with Gasteiger partial charge >= 0.3 is 6.03 Å². The van der Waals surface area contributed by atoms with Crippen molar-refractivity contribution in [3.63, 3.8) is 0 Å². The number of rotatable bonds is 5.